The molecule has 0 aromatic heterocycles. The molecule has 24 heavy (non-hydrogen) atoms. The lowest BCUT2D eigenvalue weighted by Crippen LogP contribution is -2.44. The predicted octanol–water partition coefficient (Wildman–Crippen LogP) is 1.82. The van der Waals surface area contributed by atoms with Crippen LogP contribution in [0.25, 0.3) is 0 Å². The first kappa shape index (κ1) is 20.3. The van der Waals surface area contributed by atoms with Crippen molar-refractivity contribution in [3.63, 3.8) is 0 Å². The lowest BCUT2D eigenvalue weighted by molar-refractivity contribution is -0.123. The summed E-state index contributed by atoms with van der Waals surface area (Å²) in [6.07, 6.45) is 1.58. The number of hydrogen-bond donors (Lipinski definition) is 3. The number of hydrogen-bond acceptors (Lipinski definition) is 3. The summed E-state index contributed by atoms with van der Waals surface area (Å²) in [6, 6.07) is 2.37. The highest BCUT2D eigenvalue weighted by Crippen LogP contribution is 2.21. The topological polar surface area (TPSA) is 70.2 Å². The Labute approximate surface area is 146 Å². The summed E-state index contributed by atoms with van der Waals surface area (Å²) in [5.74, 6) is -2.13. The van der Waals surface area contributed by atoms with E-state index in [1.54, 1.807) is 0 Å². The van der Waals surface area contributed by atoms with Crippen molar-refractivity contribution < 1.29 is 18.4 Å². The second-order valence-corrected chi connectivity index (χ2v) is 5.71. The van der Waals surface area contributed by atoms with Gasteiger partial charge in [0.2, 0.25) is 11.8 Å². The molecule has 2 amide bonds. The molecule has 1 aliphatic heterocycles. The lowest BCUT2D eigenvalue weighted by Gasteiger charge is -2.25. The number of amides is 2. The van der Waals surface area contributed by atoms with E-state index in [4.69, 9.17) is 0 Å². The van der Waals surface area contributed by atoms with Crippen molar-refractivity contribution in [2.75, 3.05) is 13.1 Å². The van der Waals surface area contributed by atoms with Crippen LogP contribution in [0.1, 0.15) is 37.8 Å². The van der Waals surface area contributed by atoms with Gasteiger partial charge in [0.15, 0.2) is 0 Å². The van der Waals surface area contributed by atoms with Crippen molar-refractivity contribution in [3.8, 4) is 0 Å². The Morgan fingerprint density at radius 2 is 1.96 bits per heavy atom. The fourth-order valence-electron chi connectivity index (χ4n) is 2.71. The summed E-state index contributed by atoms with van der Waals surface area (Å²) in [5, 5.41) is 8.65. The van der Waals surface area contributed by atoms with Crippen molar-refractivity contribution >= 4 is 24.2 Å². The van der Waals surface area contributed by atoms with Gasteiger partial charge < -0.3 is 16.0 Å². The number of halogens is 3. The van der Waals surface area contributed by atoms with Crippen LogP contribution in [-0.4, -0.2) is 30.9 Å². The van der Waals surface area contributed by atoms with Crippen LogP contribution in [0, 0.1) is 11.6 Å². The number of rotatable bonds is 5. The quantitative estimate of drug-likeness (QED) is 0.749. The molecule has 134 valence electrons. The zero-order chi connectivity index (χ0) is 16.8. The number of carbonyl (C=O) groups excluding carboxylic acids is 2. The van der Waals surface area contributed by atoms with Crippen LogP contribution in [-0.2, 0) is 9.59 Å². The zero-order valence-corrected chi connectivity index (χ0v) is 14.2. The second-order valence-electron chi connectivity index (χ2n) is 5.71. The summed E-state index contributed by atoms with van der Waals surface area (Å²) in [5.41, 5.74) is 0.0991. The average molecular weight is 362 g/mol. The largest absolute Gasteiger partial charge is 0.353 e. The molecule has 8 heteroatoms. The molecule has 1 unspecified atom stereocenters. The smallest absolute Gasteiger partial charge is 0.222 e. The first-order valence-electron chi connectivity index (χ1n) is 7.68. The van der Waals surface area contributed by atoms with E-state index in [0.717, 1.165) is 38.1 Å². The van der Waals surface area contributed by atoms with Crippen LogP contribution in [0.4, 0.5) is 8.78 Å². The molecule has 5 nitrogen and oxygen atoms in total. The summed E-state index contributed by atoms with van der Waals surface area (Å²) < 4.78 is 27.0. The van der Waals surface area contributed by atoms with Crippen LogP contribution in [0.2, 0.25) is 0 Å². The van der Waals surface area contributed by atoms with Gasteiger partial charge >= 0.3 is 0 Å². The highest BCUT2D eigenvalue weighted by Gasteiger charge is 2.23. The normalized spacial score (nSPS) is 16.0. The molecule has 0 aliphatic carbocycles. The standard InChI is InChI=1S/C16H21F2N3O2.ClH/c1-10(22)20-15(13-3-2-11(17)8-14(13)18)9-16(23)21-12-4-6-19-7-5-12;/h2-3,8,12,15,19H,4-7,9H2,1H3,(H,20,22)(H,21,23);1H. The van der Waals surface area contributed by atoms with Crippen molar-refractivity contribution in [1.82, 2.24) is 16.0 Å². The molecule has 1 aromatic rings. The van der Waals surface area contributed by atoms with Gasteiger partial charge in [-0.3, -0.25) is 9.59 Å². The molecule has 0 saturated carbocycles. The van der Waals surface area contributed by atoms with Gasteiger partial charge in [-0.05, 0) is 32.0 Å². The van der Waals surface area contributed by atoms with E-state index >= 15 is 0 Å². The van der Waals surface area contributed by atoms with Crippen molar-refractivity contribution in [3.05, 3.63) is 35.4 Å². The van der Waals surface area contributed by atoms with Gasteiger partial charge in [0, 0.05) is 24.6 Å². The van der Waals surface area contributed by atoms with Gasteiger partial charge in [0.05, 0.1) is 12.5 Å². The Morgan fingerprint density at radius 3 is 2.54 bits per heavy atom. The zero-order valence-electron chi connectivity index (χ0n) is 13.4. The van der Waals surface area contributed by atoms with E-state index in [1.165, 1.54) is 13.0 Å². The third-order valence-electron chi connectivity index (χ3n) is 3.81. The third-order valence-corrected chi connectivity index (χ3v) is 3.81. The molecule has 1 saturated heterocycles. The molecule has 1 aliphatic rings. The monoisotopic (exact) mass is 361 g/mol. The Hall–Kier alpha value is -1.73. The molecule has 1 aromatic carbocycles. The van der Waals surface area contributed by atoms with Crippen molar-refractivity contribution in [2.24, 2.45) is 0 Å². The maximum Gasteiger partial charge on any atom is 0.222 e. The minimum atomic E-state index is -0.824. The second kappa shape index (κ2) is 9.54. The van der Waals surface area contributed by atoms with E-state index in [0.29, 0.717) is 0 Å². The Kier molecular flexibility index (Phi) is 8.07. The van der Waals surface area contributed by atoms with Crippen molar-refractivity contribution in [1.29, 1.82) is 0 Å². The number of piperidine rings is 1. The average Bonchev–Trinajstić information content (AvgIpc) is 2.47. The maximum atomic E-state index is 13.9. The molecule has 0 spiro atoms. The summed E-state index contributed by atoms with van der Waals surface area (Å²) in [7, 11) is 0. The molecule has 1 heterocycles. The number of benzene rings is 1. The van der Waals surface area contributed by atoms with Gasteiger partial charge in [-0.25, -0.2) is 8.78 Å². The minimum absolute atomic E-state index is 0. The van der Waals surface area contributed by atoms with E-state index in [2.05, 4.69) is 16.0 Å². The first-order valence-corrected chi connectivity index (χ1v) is 7.68. The highest BCUT2D eigenvalue weighted by molar-refractivity contribution is 5.85. The maximum absolute atomic E-state index is 13.9. The van der Waals surface area contributed by atoms with Crippen LogP contribution < -0.4 is 16.0 Å². The van der Waals surface area contributed by atoms with E-state index in [1.807, 2.05) is 0 Å². The highest BCUT2D eigenvalue weighted by atomic mass is 35.5. The lowest BCUT2D eigenvalue weighted by atomic mass is 10.0. The van der Waals surface area contributed by atoms with Crippen molar-refractivity contribution in [2.45, 2.75) is 38.3 Å². The first-order chi connectivity index (χ1) is 11.0. The minimum Gasteiger partial charge on any atom is -0.353 e. The van der Waals surface area contributed by atoms with Crippen LogP contribution in [0.3, 0.4) is 0 Å². The van der Waals surface area contributed by atoms with E-state index in [9.17, 15) is 18.4 Å². The Balaban J connectivity index is 0.00000288. The molecule has 2 rings (SSSR count). The summed E-state index contributed by atoms with van der Waals surface area (Å²) in [4.78, 5) is 23.5. The van der Waals surface area contributed by atoms with E-state index in [-0.39, 0.29) is 42.2 Å². The molecule has 0 radical (unpaired) electrons. The third kappa shape index (κ3) is 6.05. The van der Waals surface area contributed by atoms with Gasteiger partial charge in [-0.2, -0.15) is 0 Å². The van der Waals surface area contributed by atoms with Gasteiger partial charge in [-0.15, -0.1) is 12.4 Å². The number of nitrogens with one attached hydrogen (secondary N) is 3. The molecule has 3 N–H and O–H groups in total. The predicted molar refractivity (Wildman–Crippen MR) is 88.8 cm³/mol. The van der Waals surface area contributed by atoms with Crippen LogP contribution in [0.15, 0.2) is 18.2 Å². The fraction of sp³-hybridized carbons (Fsp3) is 0.500. The SMILES string of the molecule is CC(=O)NC(CC(=O)NC1CCNCC1)c1ccc(F)cc1F.Cl. The number of carbonyl (C=O) groups is 2. The molecular weight excluding hydrogens is 340 g/mol. The fourth-order valence-corrected chi connectivity index (χ4v) is 2.71. The Bertz CT molecular complexity index is 580. The van der Waals surface area contributed by atoms with Gasteiger partial charge in [0.1, 0.15) is 11.6 Å². The molecule has 0 bridgehead atoms. The molecule has 1 atom stereocenters. The summed E-state index contributed by atoms with van der Waals surface area (Å²) in [6.45, 7) is 2.97. The van der Waals surface area contributed by atoms with Gasteiger partial charge in [-0.1, -0.05) is 6.07 Å². The van der Waals surface area contributed by atoms with Crippen LogP contribution in [0.5, 0.6) is 0 Å². The van der Waals surface area contributed by atoms with Crippen LogP contribution >= 0.6 is 12.4 Å². The Morgan fingerprint density at radius 1 is 1.29 bits per heavy atom. The van der Waals surface area contributed by atoms with Gasteiger partial charge in [0.25, 0.3) is 0 Å². The molecule has 1 fully saturated rings. The summed E-state index contributed by atoms with van der Waals surface area (Å²) >= 11 is 0. The van der Waals surface area contributed by atoms with E-state index < -0.39 is 17.7 Å². The molecular formula is C16H22ClF2N3O2.